The number of fused-ring (bicyclic) bond motifs is 3. The van der Waals surface area contributed by atoms with E-state index in [4.69, 9.17) is 0 Å². The van der Waals surface area contributed by atoms with Crippen molar-refractivity contribution >= 4 is 23.0 Å². The molecule has 4 N–H and O–H groups in total. The van der Waals surface area contributed by atoms with Gasteiger partial charge in [0.05, 0.1) is 11.6 Å². The van der Waals surface area contributed by atoms with Crippen LogP contribution < -0.4 is 4.90 Å². The molecule has 0 aromatic heterocycles. The molecular weight excluding hydrogens is 440 g/mol. The number of allylic oxidation sites excluding steroid dienone is 1. The summed E-state index contributed by atoms with van der Waals surface area (Å²) < 4.78 is 0. The maximum atomic E-state index is 13.7. The number of aliphatic hydroxyl groups excluding tert-OH is 2. The molecule has 9 nitrogen and oxygen atoms in total. The maximum Gasteiger partial charge on any atom is 0.209 e. The second kappa shape index (κ2) is 7.68. The lowest BCUT2D eigenvalue weighted by atomic mass is 9.54. The number of carbonyl (C=O) groups excluding carboxylic acids is 3. The Morgan fingerprint density at radius 3 is 2.24 bits per heavy atom. The second-order valence-electron chi connectivity index (χ2n) is 9.96. The molecule has 0 heterocycles. The van der Waals surface area contributed by atoms with Gasteiger partial charge in [0, 0.05) is 31.3 Å². The van der Waals surface area contributed by atoms with E-state index in [-0.39, 0.29) is 23.3 Å². The van der Waals surface area contributed by atoms with Crippen molar-refractivity contribution in [1.29, 1.82) is 0 Å². The van der Waals surface area contributed by atoms with Gasteiger partial charge in [-0.05, 0) is 57.0 Å². The van der Waals surface area contributed by atoms with E-state index < -0.39 is 63.8 Å². The van der Waals surface area contributed by atoms with Crippen LogP contribution in [0.4, 0.5) is 5.69 Å². The molecule has 0 amide bonds. The summed E-state index contributed by atoms with van der Waals surface area (Å²) in [5.41, 5.74) is -1.93. The topological polar surface area (TPSA) is 139 Å². The van der Waals surface area contributed by atoms with Gasteiger partial charge in [-0.15, -0.1) is 0 Å². The molecule has 3 aliphatic rings. The summed E-state index contributed by atoms with van der Waals surface area (Å²) in [6.07, 6.45) is 0.272. The number of hydrogen-bond donors (Lipinski definition) is 4. The average Bonchev–Trinajstić information content (AvgIpc) is 2.73. The first-order valence-electron chi connectivity index (χ1n) is 11.1. The molecule has 0 spiro atoms. The van der Waals surface area contributed by atoms with Gasteiger partial charge in [0.2, 0.25) is 5.78 Å². The molecule has 182 valence electrons. The predicted molar refractivity (Wildman–Crippen MR) is 124 cm³/mol. The third-order valence-electron chi connectivity index (χ3n) is 7.67. The van der Waals surface area contributed by atoms with Gasteiger partial charge in [-0.25, -0.2) is 0 Å². The van der Waals surface area contributed by atoms with E-state index in [2.05, 4.69) is 0 Å². The lowest BCUT2D eigenvalue weighted by molar-refractivity contribution is -0.153. The zero-order valence-electron chi connectivity index (χ0n) is 20.1. The molecular formula is C25H30N2O7. The molecule has 3 aliphatic carbocycles. The normalized spacial score (nSPS) is 30.8. The summed E-state index contributed by atoms with van der Waals surface area (Å²) in [5, 5.41) is 44.6. The van der Waals surface area contributed by atoms with Gasteiger partial charge in [0.15, 0.2) is 17.2 Å². The minimum absolute atomic E-state index is 0.0239. The van der Waals surface area contributed by atoms with Gasteiger partial charge < -0.3 is 25.3 Å². The van der Waals surface area contributed by atoms with Crippen LogP contribution in [0.3, 0.4) is 0 Å². The first-order chi connectivity index (χ1) is 15.8. The molecule has 0 unspecified atom stereocenters. The third kappa shape index (κ3) is 2.89. The van der Waals surface area contributed by atoms with Crippen LogP contribution in [0.1, 0.15) is 29.8 Å². The maximum absolute atomic E-state index is 13.7. The highest BCUT2D eigenvalue weighted by molar-refractivity contribution is 6.25. The molecule has 1 aromatic carbocycles. The second-order valence-corrected chi connectivity index (χ2v) is 9.96. The van der Waals surface area contributed by atoms with Crippen LogP contribution in [0.25, 0.3) is 0 Å². The standard InChI is InChI=1S/C25H30N2O7/c1-10-12-9-13-14(26(3)4)7-8-15(29)17(13)21(30)18(12)24(33)25(34)19(10)20(27(5)6)22(31)16(11(2)28)23(25)32/h7-8,10,12,19-20,29,31,33-34H,9H2,1-6H3/t10-,12-,19-,20-,25+/m0/s1. The van der Waals surface area contributed by atoms with Gasteiger partial charge in [-0.3, -0.25) is 19.3 Å². The van der Waals surface area contributed by atoms with Crippen molar-refractivity contribution in [2.45, 2.75) is 31.9 Å². The van der Waals surface area contributed by atoms with Crippen LogP contribution in [-0.2, 0) is 16.0 Å². The van der Waals surface area contributed by atoms with Gasteiger partial charge >= 0.3 is 0 Å². The van der Waals surface area contributed by atoms with E-state index in [9.17, 15) is 34.8 Å². The highest BCUT2D eigenvalue weighted by Gasteiger charge is 2.65. The highest BCUT2D eigenvalue weighted by Crippen LogP contribution is 2.55. The summed E-state index contributed by atoms with van der Waals surface area (Å²) in [7, 11) is 6.91. The molecule has 0 saturated carbocycles. The number of aromatic hydroxyl groups is 1. The fourth-order valence-electron chi connectivity index (χ4n) is 6.16. The van der Waals surface area contributed by atoms with Crippen molar-refractivity contribution < 1.29 is 34.8 Å². The Hall–Kier alpha value is -3.17. The fourth-order valence-corrected chi connectivity index (χ4v) is 6.16. The van der Waals surface area contributed by atoms with Crippen molar-refractivity contribution in [3.05, 3.63) is 45.9 Å². The minimum Gasteiger partial charge on any atom is -0.510 e. The summed E-state index contributed by atoms with van der Waals surface area (Å²) in [6.45, 7) is 2.86. The van der Waals surface area contributed by atoms with Crippen molar-refractivity contribution in [3.63, 3.8) is 0 Å². The number of phenols is 1. The summed E-state index contributed by atoms with van der Waals surface area (Å²) in [6, 6.07) is 2.16. The third-order valence-corrected chi connectivity index (χ3v) is 7.67. The number of rotatable bonds is 3. The molecule has 34 heavy (non-hydrogen) atoms. The van der Waals surface area contributed by atoms with Gasteiger partial charge in [-0.2, -0.15) is 0 Å². The first kappa shape index (κ1) is 24.0. The van der Waals surface area contributed by atoms with Crippen LogP contribution in [-0.4, -0.2) is 82.5 Å². The Bertz CT molecular complexity index is 1200. The SMILES string of the molecule is CC(=O)C1=C(O)[C@@H](N(C)C)[C@@H]2[C@@H](C)[C@@H]3Cc4c(N(C)C)ccc(O)c4C(=O)C3=C(O)[C@]2(O)C1=O. The monoisotopic (exact) mass is 470 g/mol. The quantitative estimate of drug-likeness (QED) is 0.485. The summed E-state index contributed by atoms with van der Waals surface area (Å²) >= 11 is 0. The average molecular weight is 471 g/mol. The van der Waals surface area contributed by atoms with Gasteiger partial charge in [0.25, 0.3) is 0 Å². The number of anilines is 1. The molecule has 9 heteroatoms. The zero-order chi connectivity index (χ0) is 25.4. The van der Waals surface area contributed by atoms with Crippen molar-refractivity contribution in [2.24, 2.45) is 17.8 Å². The van der Waals surface area contributed by atoms with Gasteiger partial charge in [0.1, 0.15) is 22.8 Å². The van der Waals surface area contributed by atoms with Gasteiger partial charge in [-0.1, -0.05) is 6.92 Å². The van der Waals surface area contributed by atoms with Crippen molar-refractivity contribution in [1.82, 2.24) is 4.90 Å². The summed E-state index contributed by atoms with van der Waals surface area (Å²) in [5.74, 6) is -6.23. The van der Waals surface area contributed by atoms with Crippen molar-refractivity contribution in [2.75, 3.05) is 33.1 Å². The lowest BCUT2D eigenvalue weighted by Crippen LogP contribution is -2.66. The number of benzene rings is 1. The molecule has 0 radical (unpaired) electrons. The van der Waals surface area contributed by atoms with Crippen LogP contribution in [0, 0.1) is 17.8 Å². The largest absolute Gasteiger partial charge is 0.510 e. The van der Waals surface area contributed by atoms with E-state index in [0.717, 1.165) is 12.6 Å². The Morgan fingerprint density at radius 2 is 1.71 bits per heavy atom. The minimum atomic E-state index is -2.57. The number of hydrogen-bond acceptors (Lipinski definition) is 9. The number of Topliss-reactive ketones (excluding diaryl/α,β-unsaturated/α-hetero) is 3. The Balaban J connectivity index is 2.03. The molecule has 5 atom stereocenters. The zero-order valence-corrected chi connectivity index (χ0v) is 20.1. The molecule has 4 rings (SSSR count). The van der Waals surface area contributed by atoms with Crippen LogP contribution in [0.2, 0.25) is 0 Å². The number of phenolic OH excluding ortho intramolecular Hbond substituents is 1. The predicted octanol–water partition coefficient (Wildman–Crippen LogP) is 1.54. The number of carbonyl (C=O) groups is 3. The Labute approximate surface area is 197 Å². The molecule has 0 bridgehead atoms. The fraction of sp³-hybridized carbons (Fsp3) is 0.480. The first-order valence-corrected chi connectivity index (χ1v) is 11.1. The Kier molecular flexibility index (Phi) is 5.41. The number of nitrogens with zero attached hydrogens (tertiary/aromatic N) is 2. The molecule has 1 aromatic rings. The molecule has 0 aliphatic heterocycles. The van der Waals surface area contributed by atoms with E-state index in [1.165, 1.54) is 6.07 Å². The number of ketones is 3. The van der Waals surface area contributed by atoms with E-state index in [1.54, 1.807) is 32.0 Å². The van der Waals surface area contributed by atoms with Crippen molar-refractivity contribution in [3.8, 4) is 5.75 Å². The number of likely N-dealkylation sites (N-methyl/N-ethyl adjacent to an activating group) is 1. The lowest BCUT2D eigenvalue weighted by Gasteiger charge is -2.53. The smallest absolute Gasteiger partial charge is 0.209 e. The summed E-state index contributed by atoms with van der Waals surface area (Å²) in [4.78, 5) is 42.8. The van der Waals surface area contributed by atoms with Crippen LogP contribution in [0.5, 0.6) is 5.75 Å². The van der Waals surface area contributed by atoms with E-state index in [1.807, 2.05) is 19.0 Å². The molecule has 0 fully saturated rings. The highest BCUT2D eigenvalue weighted by atomic mass is 16.3. The van der Waals surface area contributed by atoms with Crippen LogP contribution in [0.15, 0.2) is 34.8 Å². The molecule has 0 saturated heterocycles. The Morgan fingerprint density at radius 1 is 1.09 bits per heavy atom. The van der Waals surface area contributed by atoms with E-state index >= 15 is 0 Å². The van der Waals surface area contributed by atoms with Crippen LogP contribution >= 0.6 is 0 Å². The van der Waals surface area contributed by atoms with E-state index in [0.29, 0.717) is 5.56 Å². The number of aliphatic hydroxyl groups is 3.